The Hall–Kier alpha value is -2.78. The zero-order valence-corrected chi connectivity index (χ0v) is 25.1. The van der Waals surface area contributed by atoms with Crippen molar-refractivity contribution in [3.8, 4) is 11.1 Å². The molecule has 4 aliphatic rings. The largest absolute Gasteiger partial charge is 0.394 e. The first-order valence-electron chi connectivity index (χ1n) is 14.9. The molecule has 1 saturated heterocycles. The molecule has 3 N–H and O–H groups in total. The van der Waals surface area contributed by atoms with Crippen LogP contribution in [0.3, 0.4) is 0 Å². The average molecular weight is 564 g/mol. The van der Waals surface area contributed by atoms with E-state index >= 15 is 0 Å². The van der Waals surface area contributed by atoms with Crippen LogP contribution in [0.5, 0.6) is 0 Å². The van der Waals surface area contributed by atoms with E-state index in [-0.39, 0.29) is 24.5 Å². The lowest BCUT2D eigenvalue weighted by Gasteiger charge is -2.62. The molecule has 6 rings (SSSR count). The third-order valence-corrected chi connectivity index (χ3v) is 10.2. The van der Waals surface area contributed by atoms with Crippen LogP contribution in [0.15, 0.2) is 48.5 Å². The van der Waals surface area contributed by atoms with Crippen LogP contribution in [0.1, 0.15) is 56.5 Å². The third-order valence-electron chi connectivity index (χ3n) is 10.2. The summed E-state index contributed by atoms with van der Waals surface area (Å²) >= 11 is 0. The van der Waals surface area contributed by atoms with E-state index in [2.05, 4.69) is 26.1 Å². The first kappa shape index (κ1) is 29.7. The van der Waals surface area contributed by atoms with Gasteiger partial charge in [0.15, 0.2) is 0 Å². The molecule has 0 radical (unpaired) electrons. The molecule has 8 heteroatoms. The van der Waals surface area contributed by atoms with Gasteiger partial charge >= 0.3 is 0 Å². The van der Waals surface area contributed by atoms with Crippen LogP contribution in [-0.4, -0.2) is 77.0 Å². The van der Waals surface area contributed by atoms with Gasteiger partial charge in [0, 0.05) is 31.6 Å². The van der Waals surface area contributed by atoms with Crippen molar-refractivity contribution in [1.29, 1.82) is 0 Å². The Labute approximate surface area is 243 Å². The predicted molar refractivity (Wildman–Crippen MR) is 157 cm³/mol. The lowest BCUT2D eigenvalue weighted by Crippen LogP contribution is -2.62. The fraction of sp³-hybridized carbons (Fsp3) is 0.576. The number of hydrogen-bond donors (Lipinski definition) is 3. The van der Waals surface area contributed by atoms with Crippen LogP contribution >= 0.6 is 0 Å². The van der Waals surface area contributed by atoms with E-state index < -0.39 is 24.2 Å². The maximum absolute atomic E-state index is 13.9. The van der Waals surface area contributed by atoms with Gasteiger partial charge in [-0.05, 0) is 77.8 Å². The Morgan fingerprint density at radius 2 is 1.83 bits per heavy atom. The Bertz CT molecular complexity index is 1260. The summed E-state index contributed by atoms with van der Waals surface area (Å²) in [4.78, 5) is 33.8. The molecule has 4 fully saturated rings. The first-order chi connectivity index (χ1) is 19.4. The van der Waals surface area contributed by atoms with Gasteiger partial charge in [-0.15, -0.1) is 0 Å². The summed E-state index contributed by atoms with van der Waals surface area (Å²) in [7, 11) is 3.46. The van der Waals surface area contributed by atoms with Gasteiger partial charge in [-0.2, -0.15) is 5.06 Å². The third kappa shape index (κ3) is 5.55. The Balaban J connectivity index is 1.34. The summed E-state index contributed by atoms with van der Waals surface area (Å²) in [5.41, 5.74) is 3.84. The fourth-order valence-corrected chi connectivity index (χ4v) is 7.58. The van der Waals surface area contributed by atoms with Crippen LogP contribution < -0.4 is 5.32 Å². The number of carbonyl (C=O) groups is 2. The number of benzene rings is 2. The second-order valence-corrected chi connectivity index (χ2v) is 13.2. The highest BCUT2D eigenvalue weighted by Gasteiger charge is 2.57. The van der Waals surface area contributed by atoms with Crippen LogP contribution in [-0.2, 0) is 16.2 Å². The average Bonchev–Trinajstić information content (AvgIpc) is 3.32. The standard InChI is InChI=1S/C33H45N3O5/c1-19-26-15-25(33(26,3)4)16-27(19)34-31(39)30-29(20(2)38)28(18-37)41-36(30)17-21-8-7-9-24(14-21)22-10-12-23(13-11-22)32(40)35(5)6/h7-14,19-20,25-30,37-38H,15-18H2,1-6H3,(H,34,39)/t19-,20-,25+,26-,27-,28-,29+,30-/m0/s1. The number of nitrogens with zero attached hydrogens (tertiary/aromatic N) is 2. The van der Waals surface area contributed by atoms with Crippen molar-refractivity contribution in [2.45, 2.75) is 71.4 Å². The van der Waals surface area contributed by atoms with Crippen molar-refractivity contribution in [3.63, 3.8) is 0 Å². The number of rotatable bonds is 8. The topological polar surface area (TPSA) is 102 Å². The molecule has 222 valence electrons. The number of nitrogens with one attached hydrogen (secondary N) is 1. The van der Waals surface area contributed by atoms with Gasteiger partial charge in [0.1, 0.15) is 12.1 Å². The molecule has 2 amide bonds. The summed E-state index contributed by atoms with van der Waals surface area (Å²) in [6.07, 6.45) is 0.687. The molecule has 0 aromatic heterocycles. The lowest BCUT2D eigenvalue weighted by molar-refractivity contribution is -0.183. The zero-order valence-electron chi connectivity index (χ0n) is 25.1. The van der Waals surface area contributed by atoms with Crippen molar-refractivity contribution in [2.24, 2.45) is 29.1 Å². The van der Waals surface area contributed by atoms with Crippen molar-refractivity contribution < 1.29 is 24.6 Å². The highest BCUT2D eigenvalue weighted by Crippen LogP contribution is 2.61. The van der Waals surface area contributed by atoms with Gasteiger partial charge in [0.05, 0.1) is 19.3 Å². The molecule has 2 aromatic rings. The SMILES string of the molecule is C[C@@H]1[C@@H](NC(=O)[C@@H]2[C@H]([C@H](C)O)[C@H](CO)ON2Cc2cccc(-c3ccc(C(=O)N(C)C)cc3)c2)C[C@H]2C[C@@H]1C2(C)C. The number of hydrogen-bond acceptors (Lipinski definition) is 6. The molecular weight excluding hydrogens is 518 g/mol. The second kappa shape index (κ2) is 11.5. The van der Waals surface area contributed by atoms with Crippen molar-refractivity contribution in [1.82, 2.24) is 15.3 Å². The van der Waals surface area contributed by atoms with E-state index in [1.54, 1.807) is 31.0 Å². The molecule has 2 aromatic carbocycles. The predicted octanol–water partition coefficient (Wildman–Crippen LogP) is 3.72. The lowest BCUT2D eigenvalue weighted by atomic mass is 9.45. The molecule has 0 unspecified atom stereocenters. The molecular formula is C33H45N3O5. The molecule has 8 atom stereocenters. The highest BCUT2D eigenvalue weighted by molar-refractivity contribution is 5.94. The number of carbonyl (C=O) groups excluding carboxylic acids is 2. The van der Waals surface area contributed by atoms with Crippen molar-refractivity contribution in [3.05, 3.63) is 59.7 Å². The maximum atomic E-state index is 13.9. The fourth-order valence-electron chi connectivity index (χ4n) is 7.58. The number of hydroxylamine groups is 2. The quantitative estimate of drug-likeness (QED) is 0.453. The summed E-state index contributed by atoms with van der Waals surface area (Å²) in [5, 5.41) is 25.8. The van der Waals surface area contributed by atoms with Crippen LogP contribution in [0.25, 0.3) is 11.1 Å². The Morgan fingerprint density at radius 3 is 2.41 bits per heavy atom. The van der Waals surface area contributed by atoms with Crippen molar-refractivity contribution >= 4 is 11.8 Å². The Kier molecular flexibility index (Phi) is 8.32. The normalized spacial score (nSPS) is 31.3. The van der Waals surface area contributed by atoms with Gasteiger partial charge in [0.25, 0.3) is 5.91 Å². The van der Waals surface area contributed by atoms with Gasteiger partial charge in [-0.1, -0.05) is 51.1 Å². The molecule has 3 saturated carbocycles. The van der Waals surface area contributed by atoms with E-state index in [0.29, 0.717) is 35.3 Å². The van der Waals surface area contributed by atoms with Gasteiger partial charge in [-0.25, -0.2) is 0 Å². The van der Waals surface area contributed by atoms with Gasteiger partial charge in [-0.3, -0.25) is 14.4 Å². The minimum Gasteiger partial charge on any atom is -0.394 e. The summed E-state index contributed by atoms with van der Waals surface area (Å²) in [6, 6.07) is 14.9. The summed E-state index contributed by atoms with van der Waals surface area (Å²) < 4.78 is 0. The second-order valence-electron chi connectivity index (χ2n) is 13.2. The molecule has 1 aliphatic heterocycles. The van der Waals surface area contributed by atoms with Gasteiger partial charge < -0.3 is 20.4 Å². The summed E-state index contributed by atoms with van der Waals surface area (Å²) in [6.45, 7) is 8.62. The molecule has 2 bridgehead atoms. The molecule has 3 aliphatic carbocycles. The van der Waals surface area contributed by atoms with E-state index in [4.69, 9.17) is 4.84 Å². The van der Waals surface area contributed by atoms with Crippen LogP contribution in [0, 0.1) is 29.1 Å². The number of aliphatic hydroxyl groups excluding tert-OH is 2. The molecule has 41 heavy (non-hydrogen) atoms. The van der Waals surface area contributed by atoms with Crippen molar-refractivity contribution in [2.75, 3.05) is 20.7 Å². The van der Waals surface area contributed by atoms with Crippen LogP contribution in [0.2, 0.25) is 0 Å². The first-order valence-corrected chi connectivity index (χ1v) is 14.9. The highest BCUT2D eigenvalue weighted by atomic mass is 16.7. The monoisotopic (exact) mass is 563 g/mol. The van der Waals surface area contributed by atoms with Gasteiger partial charge in [0.2, 0.25) is 5.91 Å². The van der Waals surface area contributed by atoms with Crippen LogP contribution in [0.4, 0.5) is 0 Å². The molecule has 8 nitrogen and oxygen atoms in total. The van der Waals surface area contributed by atoms with E-state index in [9.17, 15) is 19.8 Å². The smallest absolute Gasteiger partial charge is 0.253 e. The minimum absolute atomic E-state index is 0.0460. The van der Waals surface area contributed by atoms with E-state index in [1.165, 1.54) is 6.42 Å². The van der Waals surface area contributed by atoms with E-state index in [0.717, 1.165) is 23.1 Å². The Morgan fingerprint density at radius 1 is 1.12 bits per heavy atom. The zero-order chi connectivity index (χ0) is 29.6. The molecule has 1 heterocycles. The van der Waals surface area contributed by atoms with E-state index in [1.807, 2.05) is 48.5 Å². The maximum Gasteiger partial charge on any atom is 0.253 e. The molecule has 0 spiro atoms. The minimum atomic E-state index is -0.834. The summed E-state index contributed by atoms with van der Waals surface area (Å²) in [5.74, 6) is 0.827. The number of aliphatic hydroxyl groups is 2. The number of fused-ring (bicyclic) bond motifs is 2. The number of amides is 2.